The number of alkyl halides is 1. The van der Waals surface area contributed by atoms with Gasteiger partial charge in [0.25, 0.3) is 0 Å². The summed E-state index contributed by atoms with van der Waals surface area (Å²) < 4.78 is 17.3. The normalized spacial score (nSPS) is 33.7. The molecule has 4 heteroatoms. The molecule has 1 heterocycles. The van der Waals surface area contributed by atoms with E-state index < -0.39 is 18.1 Å². The summed E-state index contributed by atoms with van der Waals surface area (Å²) in [6.45, 7) is 0.286. The van der Waals surface area contributed by atoms with Gasteiger partial charge in [0.1, 0.15) is 6.17 Å². The van der Waals surface area contributed by atoms with Crippen LogP contribution >= 0.6 is 0 Å². The zero-order chi connectivity index (χ0) is 7.56. The number of ether oxygens (including phenoxy) is 1. The van der Waals surface area contributed by atoms with Crippen molar-refractivity contribution < 1.29 is 19.0 Å². The number of hydrogen-bond acceptors (Lipinski definition) is 2. The van der Waals surface area contributed by atoms with Gasteiger partial charge in [0, 0.05) is 6.61 Å². The standard InChI is InChI=1S/C6H9FO3/c7-5-3-10-2-1-4(5)6(8)9/h4-5H,1-3H2,(H,8,9)/t4-,5-/m0/s1. The van der Waals surface area contributed by atoms with Crippen LogP contribution in [0.5, 0.6) is 0 Å². The highest BCUT2D eigenvalue weighted by Gasteiger charge is 2.31. The zero-order valence-corrected chi connectivity index (χ0v) is 5.42. The van der Waals surface area contributed by atoms with Crippen LogP contribution in [0.4, 0.5) is 4.39 Å². The highest BCUT2D eigenvalue weighted by Crippen LogP contribution is 2.18. The van der Waals surface area contributed by atoms with E-state index >= 15 is 0 Å². The molecule has 0 unspecified atom stereocenters. The summed E-state index contributed by atoms with van der Waals surface area (Å²) in [5, 5.41) is 8.41. The molecule has 2 atom stereocenters. The Kier molecular flexibility index (Phi) is 2.21. The SMILES string of the molecule is O=C(O)[C@H]1CCOC[C@@H]1F. The minimum Gasteiger partial charge on any atom is -0.481 e. The van der Waals surface area contributed by atoms with E-state index in [0.29, 0.717) is 6.61 Å². The first-order valence-corrected chi connectivity index (χ1v) is 3.16. The summed E-state index contributed by atoms with van der Waals surface area (Å²) >= 11 is 0. The van der Waals surface area contributed by atoms with Crippen LogP contribution < -0.4 is 0 Å². The Morgan fingerprint density at radius 3 is 2.80 bits per heavy atom. The number of carboxylic acid groups (broad SMARTS) is 1. The molecule has 0 aliphatic carbocycles. The average Bonchev–Trinajstić information content (AvgIpc) is 1.88. The van der Waals surface area contributed by atoms with Crippen LogP contribution in [0.15, 0.2) is 0 Å². The molecule has 0 amide bonds. The molecule has 0 aromatic heterocycles. The number of halogens is 1. The predicted molar refractivity (Wildman–Crippen MR) is 31.5 cm³/mol. The second-order valence-electron chi connectivity index (χ2n) is 2.32. The highest BCUT2D eigenvalue weighted by atomic mass is 19.1. The van der Waals surface area contributed by atoms with E-state index in [0.717, 1.165) is 0 Å². The van der Waals surface area contributed by atoms with Gasteiger partial charge < -0.3 is 9.84 Å². The van der Waals surface area contributed by atoms with Crippen LogP contribution in [0.25, 0.3) is 0 Å². The lowest BCUT2D eigenvalue weighted by molar-refractivity contribution is -0.148. The van der Waals surface area contributed by atoms with E-state index in [-0.39, 0.29) is 13.0 Å². The number of carbonyl (C=O) groups is 1. The van der Waals surface area contributed by atoms with Crippen LogP contribution in [0, 0.1) is 5.92 Å². The van der Waals surface area contributed by atoms with Crippen LogP contribution in [0.2, 0.25) is 0 Å². The molecule has 1 fully saturated rings. The number of rotatable bonds is 1. The van der Waals surface area contributed by atoms with Crippen molar-refractivity contribution in [2.75, 3.05) is 13.2 Å². The number of carboxylic acids is 1. The fraction of sp³-hybridized carbons (Fsp3) is 0.833. The van der Waals surface area contributed by atoms with Crippen LogP contribution in [0.3, 0.4) is 0 Å². The minimum atomic E-state index is -1.33. The average molecular weight is 148 g/mol. The molecule has 10 heavy (non-hydrogen) atoms. The van der Waals surface area contributed by atoms with Crippen molar-refractivity contribution in [3.63, 3.8) is 0 Å². The third kappa shape index (κ3) is 1.44. The van der Waals surface area contributed by atoms with Crippen LogP contribution in [-0.4, -0.2) is 30.5 Å². The van der Waals surface area contributed by atoms with Gasteiger partial charge in [-0.2, -0.15) is 0 Å². The molecule has 0 aromatic carbocycles. The quantitative estimate of drug-likeness (QED) is 0.587. The maximum Gasteiger partial charge on any atom is 0.309 e. The van der Waals surface area contributed by atoms with Crippen molar-refractivity contribution >= 4 is 5.97 Å². The van der Waals surface area contributed by atoms with Crippen LogP contribution in [-0.2, 0) is 9.53 Å². The van der Waals surface area contributed by atoms with Gasteiger partial charge in [0.05, 0.1) is 12.5 Å². The molecule has 0 radical (unpaired) electrons. The van der Waals surface area contributed by atoms with Crippen molar-refractivity contribution in [3.05, 3.63) is 0 Å². The summed E-state index contributed by atoms with van der Waals surface area (Å²) in [4.78, 5) is 10.3. The lowest BCUT2D eigenvalue weighted by atomic mass is 9.99. The Morgan fingerprint density at radius 2 is 2.40 bits per heavy atom. The molecule has 0 saturated carbocycles. The molecular formula is C6H9FO3. The number of hydrogen-bond donors (Lipinski definition) is 1. The lowest BCUT2D eigenvalue weighted by Gasteiger charge is -2.21. The van der Waals surface area contributed by atoms with E-state index in [1.807, 2.05) is 0 Å². The first kappa shape index (κ1) is 7.47. The first-order chi connectivity index (χ1) is 4.72. The van der Waals surface area contributed by atoms with Gasteiger partial charge in [-0.25, -0.2) is 4.39 Å². The highest BCUT2D eigenvalue weighted by molar-refractivity contribution is 5.70. The fourth-order valence-corrected chi connectivity index (χ4v) is 0.981. The van der Waals surface area contributed by atoms with Gasteiger partial charge in [0.15, 0.2) is 0 Å². The van der Waals surface area contributed by atoms with Crippen molar-refractivity contribution in [1.29, 1.82) is 0 Å². The maximum absolute atomic E-state index is 12.6. The molecular weight excluding hydrogens is 139 g/mol. The molecule has 1 aliphatic heterocycles. The zero-order valence-electron chi connectivity index (χ0n) is 5.42. The molecule has 1 saturated heterocycles. The molecule has 0 spiro atoms. The van der Waals surface area contributed by atoms with Gasteiger partial charge in [-0.15, -0.1) is 0 Å². The Bertz CT molecular complexity index is 137. The minimum absolute atomic E-state index is 0.0725. The van der Waals surface area contributed by atoms with E-state index in [2.05, 4.69) is 0 Å². The van der Waals surface area contributed by atoms with Gasteiger partial charge in [-0.05, 0) is 6.42 Å². The molecule has 1 aliphatic rings. The van der Waals surface area contributed by atoms with E-state index in [1.165, 1.54) is 0 Å². The monoisotopic (exact) mass is 148 g/mol. The molecule has 3 nitrogen and oxygen atoms in total. The summed E-state index contributed by atoms with van der Waals surface area (Å²) in [6.07, 6.45) is -1.04. The third-order valence-corrected chi connectivity index (χ3v) is 1.60. The van der Waals surface area contributed by atoms with Gasteiger partial charge in [0.2, 0.25) is 0 Å². The summed E-state index contributed by atoms with van der Waals surface area (Å²) in [5.41, 5.74) is 0. The number of aliphatic carboxylic acids is 1. The second-order valence-corrected chi connectivity index (χ2v) is 2.32. The Balaban J connectivity index is 2.47. The van der Waals surface area contributed by atoms with Crippen molar-refractivity contribution in [1.82, 2.24) is 0 Å². The summed E-state index contributed by atoms with van der Waals surface area (Å²) in [7, 11) is 0. The second kappa shape index (κ2) is 2.96. The Morgan fingerprint density at radius 1 is 1.70 bits per heavy atom. The maximum atomic E-state index is 12.6. The van der Waals surface area contributed by atoms with E-state index in [4.69, 9.17) is 9.84 Å². The molecule has 1 N–H and O–H groups in total. The van der Waals surface area contributed by atoms with Crippen molar-refractivity contribution in [2.45, 2.75) is 12.6 Å². The topological polar surface area (TPSA) is 46.5 Å². The van der Waals surface area contributed by atoms with Gasteiger partial charge in [-0.1, -0.05) is 0 Å². The first-order valence-electron chi connectivity index (χ1n) is 3.16. The predicted octanol–water partition coefficient (Wildman–Crippen LogP) is 0.446. The van der Waals surface area contributed by atoms with E-state index in [1.54, 1.807) is 0 Å². The summed E-state index contributed by atoms with van der Waals surface area (Å²) in [5.74, 6) is -1.91. The lowest BCUT2D eigenvalue weighted by Crippen LogP contribution is -2.34. The molecule has 58 valence electrons. The Labute approximate surface area is 57.8 Å². The fourth-order valence-electron chi connectivity index (χ4n) is 0.981. The third-order valence-electron chi connectivity index (χ3n) is 1.60. The molecule has 0 bridgehead atoms. The largest absolute Gasteiger partial charge is 0.481 e. The van der Waals surface area contributed by atoms with Crippen molar-refractivity contribution in [2.24, 2.45) is 5.92 Å². The smallest absolute Gasteiger partial charge is 0.309 e. The molecule has 1 rings (SSSR count). The summed E-state index contributed by atoms with van der Waals surface area (Å²) in [6, 6.07) is 0. The Hall–Kier alpha value is -0.640. The van der Waals surface area contributed by atoms with Crippen LogP contribution in [0.1, 0.15) is 6.42 Å². The van der Waals surface area contributed by atoms with Gasteiger partial charge >= 0.3 is 5.97 Å². The van der Waals surface area contributed by atoms with Crippen molar-refractivity contribution in [3.8, 4) is 0 Å². The van der Waals surface area contributed by atoms with E-state index in [9.17, 15) is 9.18 Å². The van der Waals surface area contributed by atoms with Gasteiger partial charge in [-0.3, -0.25) is 4.79 Å². The molecule has 0 aromatic rings.